The molecule has 0 aliphatic rings. The van der Waals surface area contributed by atoms with E-state index in [-0.39, 0.29) is 0 Å². The number of sulfone groups is 1. The predicted molar refractivity (Wildman–Crippen MR) is 65.5 cm³/mol. The van der Waals surface area contributed by atoms with Crippen LogP contribution in [0.4, 0.5) is 0 Å². The van der Waals surface area contributed by atoms with Gasteiger partial charge in [-0.3, -0.25) is 4.79 Å². The van der Waals surface area contributed by atoms with Crippen LogP contribution in [-0.4, -0.2) is 24.2 Å². The fourth-order valence-corrected chi connectivity index (χ4v) is 3.11. The van der Waals surface area contributed by atoms with Crippen LogP contribution < -0.4 is 0 Å². The SMILES string of the molecule is CC(c1ccccc1)S(=O)(=O)C(C)(C)C(=O)O. The highest BCUT2D eigenvalue weighted by Crippen LogP contribution is 2.31. The van der Waals surface area contributed by atoms with Gasteiger partial charge in [0.2, 0.25) is 0 Å². The number of rotatable bonds is 4. The summed E-state index contributed by atoms with van der Waals surface area (Å²) in [6.07, 6.45) is 0. The molecule has 0 aliphatic carbocycles. The number of benzene rings is 1. The van der Waals surface area contributed by atoms with Crippen LogP contribution in [0.5, 0.6) is 0 Å². The molecule has 1 rings (SSSR count). The van der Waals surface area contributed by atoms with Crippen LogP contribution in [-0.2, 0) is 14.6 Å². The summed E-state index contributed by atoms with van der Waals surface area (Å²) in [5, 5.41) is 8.16. The Morgan fingerprint density at radius 2 is 1.71 bits per heavy atom. The third-order valence-corrected chi connectivity index (χ3v) is 5.76. The maximum absolute atomic E-state index is 12.2. The Morgan fingerprint density at radius 3 is 2.12 bits per heavy atom. The Morgan fingerprint density at radius 1 is 1.24 bits per heavy atom. The van der Waals surface area contributed by atoms with E-state index in [9.17, 15) is 13.2 Å². The summed E-state index contributed by atoms with van der Waals surface area (Å²) < 4.78 is 22.6. The van der Waals surface area contributed by atoms with Gasteiger partial charge in [-0.05, 0) is 26.3 Å². The van der Waals surface area contributed by atoms with Crippen LogP contribution in [0, 0.1) is 0 Å². The van der Waals surface area contributed by atoms with E-state index in [1.807, 2.05) is 0 Å². The molecule has 0 saturated carbocycles. The Kier molecular flexibility index (Phi) is 3.62. The van der Waals surface area contributed by atoms with Crippen LogP contribution in [0.25, 0.3) is 0 Å². The summed E-state index contributed by atoms with van der Waals surface area (Å²) in [5.41, 5.74) is 0.599. The molecule has 94 valence electrons. The summed E-state index contributed by atoms with van der Waals surface area (Å²) >= 11 is 0. The molecular weight excluding hydrogens is 240 g/mol. The first-order valence-corrected chi connectivity index (χ1v) is 6.77. The van der Waals surface area contributed by atoms with Crippen molar-refractivity contribution in [3.05, 3.63) is 35.9 Å². The highest BCUT2D eigenvalue weighted by Gasteiger charge is 2.45. The lowest BCUT2D eigenvalue weighted by Gasteiger charge is -2.24. The molecule has 17 heavy (non-hydrogen) atoms. The average Bonchev–Trinajstić information content (AvgIpc) is 2.28. The fraction of sp³-hybridized carbons (Fsp3) is 0.417. The molecule has 0 saturated heterocycles. The van der Waals surface area contributed by atoms with E-state index in [1.54, 1.807) is 30.3 Å². The van der Waals surface area contributed by atoms with Gasteiger partial charge in [-0.1, -0.05) is 30.3 Å². The molecule has 0 aliphatic heterocycles. The Bertz CT molecular complexity index is 503. The van der Waals surface area contributed by atoms with Gasteiger partial charge in [0.25, 0.3) is 0 Å². The van der Waals surface area contributed by atoms with Crippen molar-refractivity contribution in [2.75, 3.05) is 0 Å². The van der Waals surface area contributed by atoms with E-state index in [0.717, 1.165) is 0 Å². The molecule has 0 amide bonds. The topological polar surface area (TPSA) is 71.4 Å². The maximum atomic E-state index is 12.2. The number of hydrogen-bond acceptors (Lipinski definition) is 3. The normalized spacial score (nSPS) is 14.3. The molecule has 0 bridgehead atoms. The minimum Gasteiger partial charge on any atom is -0.480 e. The molecule has 1 unspecified atom stereocenters. The largest absolute Gasteiger partial charge is 0.480 e. The molecule has 1 aromatic rings. The van der Waals surface area contributed by atoms with E-state index >= 15 is 0 Å². The highest BCUT2D eigenvalue weighted by atomic mass is 32.2. The molecule has 0 spiro atoms. The van der Waals surface area contributed by atoms with E-state index < -0.39 is 25.8 Å². The van der Waals surface area contributed by atoms with Gasteiger partial charge in [-0.15, -0.1) is 0 Å². The number of carboxylic acid groups (broad SMARTS) is 1. The van der Waals surface area contributed by atoms with Crippen molar-refractivity contribution < 1.29 is 18.3 Å². The Balaban J connectivity index is 3.21. The van der Waals surface area contributed by atoms with Crippen molar-refractivity contribution in [2.24, 2.45) is 0 Å². The third-order valence-electron chi connectivity index (χ3n) is 2.96. The van der Waals surface area contributed by atoms with E-state index in [2.05, 4.69) is 0 Å². The monoisotopic (exact) mass is 256 g/mol. The van der Waals surface area contributed by atoms with Gasteiger partial charge in [0.05, 0.1) is 5.25 Å². The molecule has 0 heterocycles. The third kappa shape index (κ3) is 2.34. The van der Waals surface area contributed by atoms with Gasteiger partial charge < -0.3 is 5.11 Å². The van der Waals surface area contributed by atoms with Crippen molar-refractivity contribution in [1.29, 1.82) is 0 Å². The number of carbonyl (C=O) groups is 1. The van der Waals surface area contributed by atoms with Gasteiger partial charge in [0.15, 0.2) is 14.6 Å². The fourth-order valence-electron chi connectivity index (χ4n) is 1.47. The molecule has 0 radical (unpaired) electrons. The van der Waals surface area contributed by atoms with Gasteiger partial charge in [-0.25, -0.2) is 8.42 Å². The van der Waals surface area contributed by atoms with Crippen molar-refractivity contribution in [2.45, 2.75) is 30.8 Å². The molecule has 0 aromatic heterocycles. The van der Waals surface area contributed by atoms with Crippen LogP contribution in [0.1, 0.15) is 31.6 Å². The van der Waals surface area contributed by atoms with Gasteiger partial charge in [0.1, 0.15) is 0 Å². The second kappa shape index (κ2) is 4.49. The van der Waals surface area contributed by atoms with Gasteiger partial charge in [-0.2, -0.15) is 0 Å². The van der Waals surface area contributed by atoms with Crippen LogP contribution >= 0.6 is 0 Å². The van der Waals surface area contributed by atoms with E-state index in [0.29, 0.717) is 5.56 Å². The van der Waals surface area contributed by atoms with Crippen LogP contribution in [0.2, 0.25) is 0 Å². The van der Waals surface area contributed by atoms with Gasteiger partial charge >= 0.3 is 5.97 Å². The van der Waals surface area contributed by atoms with Crippen molar-refractivity contribution in [3.63, 3.8) is 0 Å². The predicted octanol–water partition coefficient (Wildman–Crippen LogP) is 2.03. The first kappa shape index (κ1) is 13.7. The smallest absolute Gasteiger partial charge is 0.324 e. The minimum atomic E-state index is -3.79. The molecule has 1 aromatic carbocycles. The molecular formula is C12H16O4S. The summed E-state index contributed by atoms with van der Waals surface area (Å²) in [6, 6.07) is 8.61. The van der Waals surface area contributed by atoms with Crippen molar-refractivity contribution in [3.8, 4) is 0 Å². The zero-order chi connectivity index (χ0) is 13.3. The van der Waals surface area contributed by atoms with Crippen molar-refractivity contribution in [1.82, 2.24) is 0 Å². The van der Waals surface area contributed by atoms with Crippen molar-refractivity contribution >= 4 is 15.8 Å². The quantitative estimate of drug-likeness (QED) is 0.894. The molecule has 0 fully saturated rings. The Hall–Kier alpha value is -1.36. The number of carboxylic acids is 1. The van der Waals surface area contributed by atoms with Crippen LogP contribution in [0.15, 0.2) is 30.3 Å². The summed E-state index contributed by atoms with van der Waals surface area (Å²) in [7, 11) is -3.79. The van der Waals surface area contributed by atoms with Crippen LogP contribution in [0.3, 0.4) is 0 Å². The standard InChI is InChI=1S/C12H16O4S/c1-9(10-7-5-4-6-8-10)17(15,16)12(2,3)11(13)14/h4-9H,1-3H3,(H,13,14). The van der Waals surface area contributed by atoms with Gasteiger partial charge in [0, 0.05) is 0 Å². The molecule has 1 N–H and O–H groups in total. The summed E-state index contributed by atoms with van der Waals surface area (Å²) in [4.78, 5) is 11.0. The summed E-state index contributed by atoms with van der Waals surface area (Å²) in [5.74, 6) is -1.33. The molecule has 5 heteroatoms. The zero-order valence-corrected chi connectivity index (χ0v) is 10.9. The Labute approximate surface area is 101 Å². The maximum Gasteiger partial charge on any atom is 0.324 e. The lowest BCUT2D eigenvalue weighted by molar-refractivity contribution is -0.139. The lowest BCUT2D eigenvalue weighted by Crippen LogP contribution is -2.42. The lowest BCUT2D eigenvalue weighted by atomic mass is 10.2. The summed E-state index contributed by atoms with van der Waals surface area (Å²) in [6.45, 7) is 3.93. The number of hydrogen-bond donors (Lipinski definition) is 1. The first-order chi connectivity index (χ1) is 7.71. The first-order valence-electron chi connectivity index (χ1n) is 5.23. The van der Waals surface area contributed by atoms with E-state index in [1.165, 1.54) is 20.8 Å². The second-order valence-corrected chi connectivity index (χ2v) is 7.23. The van der Waals surface area contributed by atoms with E-state index in [4.69, 9.17) is 5.11 Å². The second-order valence-electron chi connectivity index (χ2n) is 4.41. The minimum absolute atomic E-state index is 0.599. The molecule has 1 atom stereocenters. The zero-order valence-electron chi connectivity index (χ0n) is 10.0. The average molecular weight is 256 g/mol. The number of aliphatic carboxylic acids is 1. The highest BCUT2D eigenvalue weighted by molar-refractivity contribution is 7.93. The molecule has 4 nitrogen and oxygen atoms in total.